The van der Waals surface area contributed by atoms with Gasteiger partial charge in [0.1, 0.15) is 6.04 Å². The van der Waals surface area contributed by atoms with E-state index in [0.717, 1.165) is 6.92 Å². The van der Waals surface area contributed by atoms with E-state index in [1.807, 2.05) is 6.07 Å². The van der Waals surface area contributed by atoms with Gasteiger partial charge in [0.2, 0.25) is 0 Å². The van der Waals surface area contributed by atoms with Gasteiger partial charge in [-0.2, -0.15) is 0 Å². The molecule has 0 fully saturated rings. The van der Waals surface area contributed by atoms with E-state index in [2.05, 4.69) is 20.0 Å². The smallest absolute Gasteiger partial charge is 0.326 e. The van der Waals surface area contributed by atoms with Gasteiger partial charge in [-0.3, -0.25) is 14.6 Å². The molecule has 0 aliphatic carbocycles. The molecule has 8 nitrogen and oxygen atoms in total. The summed E-state index contributed by atoms with van der Waals surface area (Å²) in [5, 5.41) is 11.5. The van der Waals surface area contributed by atoms with Crippen molar-refractivity contribution in [2.45, 2.75) is 19.4 Å². The Morgan fingerprint density at radius 2 is 1.96 bits per heavy atom. The molecule has 120 valence electrons. The predicted octanol–water partition coefficient (Wildman–Crippen LogP) is 0.305. The number of benzene rings is 1. The molecule has 23 heavy (non-hydrogen) atoms. The summed E-state index contributed by atoms with van der Waals surface area (Å²) in [7, 11) is 0. The molecule has 0 unspecified atom stereocenters. The molecule has 0 radical (unpaired) electrons. The Labute approximate surface area is 131 Å². The Morgan fingerprint density at radius 3 is 2.61 bits per heavy atom. The molecule has 2 N–H and O–H groups in total. The number of hydrogen-bond acceptors (Lipinski definition) is 6. The van der Waals surface area contributed by atoms with Crippen LogP contribution in [0.25, 0.3) is 11.0 Å². The van der Waals surface area contributed by atoms with E-state index < -0.39 is 30.5 Å². The number of amides is 1. The average molecular weight is 317 g/mol. The zero-order valence-electron chi connectivity index (χ0n) is 12.4. The number of rotatable bonds is 6. The number of carbonyl (C=O) groups excluding carboxylic acids is 2. The Morgan fingerprint density at radius 1 is 1.26 bits per heavy atom. The van der Waals surface area contributed by atoms with Crippen LogP contribution in [0.5, 0.6) is 0 Å². The number of carboxylic acid groups (broad SMARTS) is 1. The Balaban J connectivity index is 2.07. The number of ether oxygens (including phenoxy) is 1. The summed E-state index contributed by atoms with van der Waals surface area (Å²) in [6, 6.07) is 6.00. The molecular weight excluding hydrogens is 302 g/mol. The van der Waals surface area contributed by atoms with Gasteiger partial charge in [-0.05, 0) is 12.1 Å². The molecule has 1 atom stereocenters. The fourth-order valence-corrected chi connectivity index (χ4v) is 1.91. The maximum Gasteiger partial charge on any atom is 0.326 e. The number of hydrogen-bond donors (Lipinski definition) is 2. The normalized spacial score (nSPS) is 11.7. The van der Waals surface area contributed by atoms with E-state index in [1.54, 1.807) is 18.2 Å². The van der Waals surface area contributed by atoms with E-state index in [-0.39, 0.29) is 6.42 Å². The number of para-hydroxylation sites is 2. The van der Waals surface area contributed by atoms with Crippen molar-refractivity contribution in [3.63, 3.8) is 0 Å². The van der Waals surface area contributed by atoms with Crippen molar-refractivity contribution in [2.24, 2.45) is 0 Å². The molecule has 0 aliphatic rings. The lowest BCUT2D eigenvalue weighted by atomic mass is 10.1. The molecule has 1 heterocycles. The van der Waals surface area contributed by atoms with Crippen molar-refractivity contribution in [2.75, 3.05) is 6.61 Å². The number of carboxylic acids is 1. The van der Waals surface area contributed by atoms with Crippen molar-refractivity contribution in [1.82, 2.24) is 15.3 Å². The van der Waals surface area contributed by atoms with Crippen LogP contribution in [-0.2, 0) is 25.5 Å². The Hall–Kier alpha value is -3.03. The Kier molecular flexibility index (Phi) is 5.19. The second-order valence-corrected chi connectivity index (χ2v) is 4.79. The highest BCUT2D eigenvalue weighted by Gasteiger charge is 2.21. The number of fused-ring (bicyclic) bond motifs is 1. The van der Waals surface area contributed by atoms with Crippen LogP contribution in [0.15, 0.2) is 30.5 Å². The number of nitrogens with one attached hydrogen (secondary N) is 1. The molecular formula is C15H15N3O5. The molecule has 8 heteroatoms. The molecule has 2 aromatic rings. The fraction of sp³-hybridized carbons (Fsp3) is 0.267. The summed E-state index contributed by atoms with van der Waals surface area (Å²) in [5.74, 6) is -2.52. The molecule has 1 aromatic heterocycles. The van der Waals surface area contributed by atoms with Gasteiger partial charge >= 0.3 is 11.9 Å². The minimum atomic E-state index is -1.21. The fourth-order valence-electron chi connectivity index (χ4n) is 1.91. The van der Waals surface area contributed by atoms with Gasteiger partial charge in [0.15, 0.2) is 6.61 Å². The van der Waals surface area contributed by atoms with Crippen LogP contribution < -0.4 is 5.32 Å². The van der Waals surface area contributed by atoms with Crippen molar-refractivity contribution < 1.29 is 24.2 Å². The molecule has 1 amide bonds. The third-order valence-corrected chi connectivity index (χ3v) is 2.95. The minimum Gasteiger partial charge on any atom is -0.480 e. The summed E-state index contributed by atoms with van der Waals surface area (Å²) in [4.78, 5) is 42.0. The molecule has 1 aromatic carbocycles. The molecule has 0 aliphatic heterocycles. The number of carbonyl (C=O) groups is 3. The highest BCUT2D eigenvalue weighted by Crippen LogP contribution is 2.09. The maximum absolute atomic E-state index is 11.6. The Bertz CT molecular complexity index is 747. The first-order chi connectivity index (χ1) is 11.0. The van der Waals surface area contributed by atoms with E-state index in [0.29, 0.717) is 16.7 Å². The van der Waals surface area contributed by atoms with Crippen molar-refractivity contribution in [1.29, 1.82) is 0 Å². The topological polar surface area (TPSA) is 118 Å². The molecule has 0 saturated carbocycles. The number of esters is 1. The number of nitrogens with zero attached hydrogens (tertiary/aromatic N) is 2. The predicted molar refractivity (Wildman–Crippen MR) is 79.4 cm³/mol. The quantitative estimate of drug-likeness (QED) is 0.736. The summed E-state index contributed by atoms with van der Waals surface area (Å²) >= 11 is 0. The van der Waals surface area contributed by atoms with Gasteiger partial charge in [-0.15, -0.1) is 0 Å². The summed E-state index contributed by atoms with van der Waals surface area (Å²) in [6.45, 7) is 0.634. The maximum atomic E-state index is 11.6. The van der Waals surface area contributed by atoms with Crippen molar-refractivity contribution >= 4 is 28.9 Å². The monoisotopic (exact) mass is 317 g/mol. The standard InChI is InChI=1S/C15H15N3O5/c1-9(19)23-8-14(20)18-13(15(21)22)6-10-7-16-11-4-2-3-5-12(11)17-10/h2-5,7,13H,6,8H2,1H3,(H,18,20)(H,21,22)/t13-/m1/s1. The van der Waals surface area contributed by atoms with Crippen LogP contribution in [0, 0.1) is 0 Å². The molecule has 0 spiro atoms. The average Bonchev–Trinajstić information content (AvgIpc) is 2.52. The zero-order chi connectivity index (χ0) is 16.8. The van der Waals surface area contributed by atoms with Gasteiger partial charge in [0.05, 0.1) is 16.7 Å². The lowest BCUT2D eigenvalue weighted by molar-refractivity contribution is -0.148. The second kappa shape index (κ2) is 7.30. The molecule has 0 bridgehead atoms. The number of aromatic nitrogens is 2. The van der Waals surface area contributed by atoms with Crippen LogP contribution in [0.1, 0.15) is 12.6 Å². The summed E-state index contributed by atoms with van der Waals surface area (Å²) in [6.07, 6.45) is 1.44. The summed E-state index contributed by atoms with van der Waals surface area (Å²) < 4.78 is 4.52. The first-order valence-corrected chi connectivity index (χ1v) is 6.82. The van der Waals surface area contributed by atoms with Gasteiger partial charge in [0.25, 0.3) is 5.91 Å². The third-order valence-electron chi connectivity index (χ3n) is 2.95. The highest BCUT2D eigenvalue weighted by atomic mass is 16.5. The van der Waals surface area contributed by atoms with Crippen LogP contribution in [-0.4, -0.2) is 45.6 Å². The van der Waals surface area contributed by atoms with E-state index >= 15 is 0 Å². The van der Waals surface area contributed by atoms with Crippen molar-refractivity contribution in [3.05, 3.63) is 36.2 Å². The number of aliphatic carboxylic acids is 1. The largest absolute Gasteiger partial charge is 0.480 e. The third kappa shape index (κ3) is 4.73. The van der Waals surface area contributed by atoms with Gasteiger partial charge in [-0.1, -0.05) is 12.1 Å². The first-order valence-electron chi connectivity index (χ1n) is 6.82. The second-order valence-electron chi connectivity index (χ2n) is 4.79. The van der Waals surface area contributed by atoms with E-state index in [9.17, 15) is 19.5 Å². The first kappa shape index (κ1) is 16.3. The van der Waals surface area contributed by atoms with Gasteiger partial charge in [0, 0.05) is 19.5 Å². The van der Waals surface area contributed by atoms with E-state index in [4.69, 9.17) is 0 Å². The van der Waals surface area contributed by atoms with Gasteiger partial charge in [-0.25, -0.2) is 9.78 Å². The lowest BCUT2D eigenvalue weighted by Gasteiger charge is -2.14. The van der Waals surface area contributed by atoms with Crippen LogP contribution >= 0.6 is 0 Å². The van der Waals surface area contributed by atoms with Gasteiger partial charge < -0.3 is 15.2 Å². The SMILES string of the molecule is CC(=O)OCC(=O)N[C@H](Cc1cnc2ccccc2n1)C(=O)O. The van der Waals surface area contributed by atoms with Crippen LogP contribution in [0.2, 0.25) is 0 Å². The van der Waals surface area contributed by atoms with Crippen molar-refractivity contribution in [3.8, 4) is 0 Å². The van der Waals surface area contributed by atoms with E-state index in [1.165, 1.54) is 6.20 Å². The van der Waals surface area contributed by atoms with Crippen LogP contribution in [0.4, 0.5) is 0 Å². The zero-order valence-corrected chi connectivity index (χ0v) is 12.4. The lowest BCUT2D eigenvalue weighted by Crippen LogP contribution is -2.44. The molecule has 2 rings (SSSR count). The molecule has 0 saturated heterocycles. The highest BCUT2D eigenvalue weighted by molar-refractivity contribution is 5.85. The van der Waals surface area contributed by atoms with Crippen LogP contribution in [0.3, 0.4) is 0 Å². The minimum absolute atomic E-state index is 0.0288. The summed E-state index contributed by atoms with van der Waals surface area (Å²) in [5.41, 5.74) is 1.77.